The lowest BCUT2D eigenvalue weighted by atomic mass is 9.89. The van der Waals surface area contributed by atoms with Gasteiger partial charge in [-0.25, -0.2) is 18.3 Å². The van der Waals surface area contributed by atoms with Crippen molar-refractivity contribution >= 4 is 17.2 Å². The monoisotopic (exact) mass is 574 g/mol. The number of anilines is 1. The summed E-state index contributed by atoms with van der Waals surface area (Å²) in [4.78, 5) is 19.7. The van der Waals surface area contributed by atoms with E-state index in [2.05, 4.69) is 26.4 Å². The summed E-state index contributed by atoms with van der Waals surface area (Å²) in [5, 5.41) is 27.0. The van der Waals surface area contributed by atoms with E-state index in [-0.39, 0.29) is 17.7 Å². The lowest BCUT2D eigenvalue weighted by Crippen LogP contribution is -2.53. The number of benzene rings is 1. The van der Waals surface area contributed by atoms with Crippen LogP contribution in [0.1, 0.15) is 55.1 Å². The van der Waals surface area contributed by atoms with Gasteiger partial charge in [0.2, 0.25) is 0 Å². The van der Waals surface area contributed by atoms with Crippen LogP contribution in [0.5, 0.6) is 5.75 Å². The number of hydrogen-bond acceptors (Lipinski definition) is 7. The van der Waals surface area contributed by atoms with Crippen molar-refractivity contribution in [2.45, 2.75) is 51.7 Å². The lowest BCUT2D eigenvalue weighted by Gasteiger charge is -2.40. The van der Waals surface area contributed by atoms with E-state index >= 15 is 0 Å². The van der Waals surface area contributed by atoms with Crippen LogP contribution in [0.3, 0.4) is 0 Å². The Morgan fingerprint density at radius 2 is 1.95 bits per heavy atom. The van der Waals surface area contributed by atoms with Crippen LogP contribution >= 0.6 is 0 Å². The number of hydrogen-bond donors (Lipinski definition) is 2. The minimum atomic E-state index is -1.02. The third kappa shape index (κ3) is 6.04. The van der Waals surface area contributed by atoms with E-state index in [1.54, 1.807) is 30.8 Å². The van der Waals surface area contributed by atoms with Gasteiger partial charge in [-0.2, -0.15) is 10.4 Å². The van der Waals surface area contributed by atoms with E-state index in [4.69, 9.17) is 4.74 Å². The van der Waals surface area contributed by atoms with Crippen LogP contribution < -0.4 is 15.0 Å². The average molecular weight is 575 g/mol. The fraction of sp³-hybridized carbons (Fsp3) is 0.355. The van der Waals surface area contributed by atoms with Crippen molar-refractivity contribution in [1.82, 2.24) is 19.9 Å². The van der Waals surface area contributed by atoms with Gasteiger partial charge in [-0.3, -0.25) is 4.79 Å². The summed E-state index contributed by atoms with van der Waals surface area (Å²) in [6, 6.07) is 9.64. The molecule has 1 saturated heterocycles. The van der Waals surface area contributed by atoms with Gasteiger partial charge in [0.1, 0.15) is 35.9 Å². The molecular formula is C31H32F2N6O3. The molecule has 1 aliphatic rings. The number of ether oxygens (including phenoxy) is 1. The maximum Gasteiger partial charge on any atom is 0.252 e. The van der Waals surface area contributed by atoms with Gasteiger partial charge in [0, 0.05) is 47.6 Å². The minimum Gasteiger partial charge on any atom is -0.489 e. The normalized spacial score (nSPS) is 15.0. The Hall–Kier alpha value is -4.56. The summed E-state index contributed by atoms with van der Waals surface area (Å²) in [5.74, 6) is -0.787. The Balaban J connectivity index is 1.31. The first kappa shape index (κ1) is 29.0. The first-order valence-electron chi connectivity index (χ1n) is 13.6. The zero-order valence-corrected chi connectivity index (χ0v) is 23.9. The number of carbonyl (C=O) groups is 1. The molecule has 0 spiro atoms. The molecule has 0 saturated carbocycles. The summed E-state index contributed by atoms with van der Waals surface area (Å²) < 4.78 is 35.1. The highest BCUT2D eigenvalue weighted by molar-refractivity contribution is 5.96. The molecule has 1 aliphatic heterocycles. The van der Waals surface area contributed by atoms with Crippen LogP contribution in [0.2, 0.25) is 0 Å². The van der Waals surface area contributed by atoms with Crippen molar-refractivity contribution in [3.63, 3.8) is 0 Å². The number of fused-ring (bicyclic) bond motifs is 1. The van der Waals surface area contributed by atoms with E-state index in [9.17, 15) is 23.9 Å². The minimum absolute atomic E-state index is 0.00481. The molecule has 0 aliphatic carbocycles. The maximum atomic E-state index is 14.0. The number of piperidine rings is 1. The fourth-order valence-electron chi connectivity index (χ4n) is 5.05. The highest BCUT2D eigenvalue weighted by atomic mass is 19.1. The Bertz CT molecular complexity index is 1680. The zero-order valence-electron chi connectivity index (χ0n) is 23.9. The van der Waals surface area contributed by atoms with E-state index < -0.39 is 28.7 Å². The Morgan fingerprint density at radius 3 is 2.60 bits per heavy atom. The topological polar surface area (TPSA) is 116 Å². The first-order chi connectivity index (χ1) is 19.9. The molecule has 11 heteroatoms. The molecule has 2 N–H and O–H groups in total. The van der Waals surface area contributed by atoms with Gasteiger partial charge >= 0.3 is 0 Å². The zero-order chi connectivity index (χ0) is 30.2. The summed E-state index contributed by atoms with van der Waals surface area (Å²) in [6.07, 6.45) is 6.12. The van der Waals surface area contributed by atoms with Crippen molar-refractivity contribution in [3.8, 4) is 22.9 Å². The standard InChI is InChI=1S/C31H32F2N6O3/c1-19-24(11-22(32)12-26(19)33)29(40)37-31(4)7-9-38(10-8-31)27-6-5-20(15-35-27)25-13-23(42-18-30(2,3)41)17-39-28(25)21(14-34)16-36-39/h5-6,11-13,15-17,41H,7-10,18H2,1-4H3,(H,37,40). The predicted molar refractivity (Wildman–Crippen MR) is 153 cm³/mol. The Labute approximate surface area is 242 Å². The molecule has 3 aromatic heterocycles. The summed E-state index contributed by atoms with van der Waals surface area (Å²) in [7, 11) is 0. The number of nitriles is 1. The van der Waals surface area contributed by atoms with Crippen molar-refractivity contribution < 1.29 is 23.4 Å². The number of aliphatic hydroxyl groups is 1. The molecule has 218 valence electrons. The van der Waals surface area contributed by atoms with Gasteiger partial charge in [-0.1, -0.05) is 0 Å². The number of rotatable bonds is 7. The predicted octanol–water partition coefficient (Wildman–Crippen LogP) is 4.79. The smallest absolute Gasteiger partial charge is 0.252 e. The molecule has 0 radical (unpaired) electrons. The third-order valence-corrected chi connectivity index (χ3v) is 7.52. The molecule has 1 amide bonds. The number of nitrogens with zero attached hydrogens (tertiary/aromatic N) is 5. The van der Waals surface area contributed by atoms with Gasteiger partial charge in [0.05, 0.1) is 29.1 Å². The number of carbonyl (C=O) groups excluding carboxylic acids is 1. The van der Waals surface area contributed by atoms with Crippen LogP contribution in [0.4, 0.5) is 14.6 Å². The number of amides is 1. The van der Waals surface area contributed by atoms with Crippen molar-refractivity contribution in [2.75, 3.05) is 24.6 Å². The summed E-state index contributed by atoms with van der Waals surface area (Å²) in [5.41, 5.74) is 1.06. The van der Waals surface area contributed by atoms with E-state index in [0.29, 0.717) is 48.3 Å². The first-order valence-corrected chi connectivity index (χ1v) is 13.6. The lowest BCUT2D eigenvalue weighted by molar-refractivity contribution is 0.0283. The van der Waals surface area contributed by atoms with E-state index in [1.807, 2.05) is 25.1 Å². The van der Waals surface area contributed by atoms with Gasteiger partial charge in [-0.15, -0.1) is 0 Å². The maximum absolute atomic E-state index is 14.0. The fourth-order valence-corrected chi connectivity index (χ4v) is 5.05. The summed E-state index contributed by atoms with van der Waals surface area (Å²) >= 11 is 0. The van der Waals surface area contributed by atoms with Crippen molar-refractivity contribution in [2.24, 2.45) is 0 Å². The van der Waals surface area contributed by atoms with Gasteiger partial charge in [0.25, 0.3) is 5.91 Å². The molecule has 1 fully saturated rings. The van der Waals surface area contributed by atoms with Crippen LogP contribution in [0.15, 0.2) is 48.9 Å². The molecule has 42 heavy (non-hydrogen) atoms. The quantitative estimate of drug-likeness (QED) is 0.326. The van der Waals surface area contributed by atoms with Gasteiger partial charge in [0.15, 0.2) is 0 Å². The molecule has 9 nitrogen and oxygen atoms in total. The second-order valence-electron chi connectivity index (χ2n) is 11.6. The number of nitrogens with one attached hydrogen (secondary N) is 1. The molecule has 4 heterocycles. The van der Waals surface area contributed by atoms with Gasteiger partial charge in [-0.05, 0) is 70.4 Å². The van der Waals surface area contributed by atoms with Crippen molar-refractivity contribution in [3.05, 3.63) is 77.2 Å². The number of halogens is 2. The average Bonchev–Trinajstić information content (AvgIpc) is 3.36. The third-order valence-electron chi connectivity index (χ3n) is 7.52. The number of aromatic nitrogens is 3. The SMILES string of the molecule is Cc1c(F)cc(F)cc1C(=O)NC1(C)CCN(c2ccc(-c3cc(OCC(C)(C)O)cn4ncc(C#N)c34)cn2)CC1. The van der Waals surface area contributed by atoms with Crippen LogP contribution in [0, 0.1) is 29.9 Å². The highest BCUT2D eigenvalue weighted by Gasteiger charge is 2.33. The van der Waals surface area contributed by atoms with Gasteiger partial charge < -0.3 is 20.1 Å². The molecule has 1 aromatic carbocycles. The van der Waals surface area contributed by atoms with E-state index in [0.717, 1.165) is 23.5 Å². The molecule has 4 aromatic rings. The van der Waals surface area contributed by atoms with Crippen LogP contribution in [-0.2, 0) is 0 Å². The van der Waals surface area contributed by atoms with Crippen LogP contribution in [0.25, 0.3) is 16.6 Å². The largest absolute Gasteiger partial charge is 0.489 e. The Kier molecular flexibility index (Phi) is 7.60. The van der Waals surface area contributed by atoms with E-state index in [1.165, 1.54) is 13.1 Å². The molecule has 0 atom stereocenters. The molecular weight excluding hydrogens is 542 g/mol. The molecule has 5 rings (SSSR count). The molecule has 0 unspecified atom stereocenters. The second kappa shape index (κ2) is 11.0. The second-order valence-corrected chi connectivity index (χ2v) is 11.6. The Morgan fingerprint density at radius 1 is 1.21 bits per heavy atom. The summed E-state index contributed by atoms with van der Waals surface area (Å²) in [6.45, 7) is 8.01. The van der Waals surface area contributed by atoms with Crippen molar-refractivity contribution in [1.29, 1.82) is 5.26 Å². The highest BCUT2D eigenvalue weighted by Crippen LogP contribution is 2.32. The van der Waals surface area contributed by atoms with Crippen LogP contribution in [-0.4, -0.2) is 56.4 Å². The molecule has 0 bridgehead atoms. The number of pyridine rings is 2.